The first-order valence-electron chi connectivity index (χ1n) is 4.86. The smallest absolute Gasteiger partial charge is 0.278 e. The predicted octanol–water partition coefficient (Wildman–Crippen LogP) is 2.26. The summed E-state index contributed by atoms with van der Waals surface area (Å²) in [6.45, 7) is 6.75. The van der Waals surface area contributed by atoms with Gasteiger partial charge in [-0.1, -0.05) is 34.7 Å². The van der Waals surface area contributed by atoms with Crippen molar-refractivity contribution in [3.8, 4) is 6.57 Å². The summed E-state index contributed by atoms with van der Waals surface area (Å²) >= 11 is 0. The molecule has 5 nitrogen and oxygen atoms in total. The SMILES string of the molecule is C#[N+]CN1C(=O)C2=C(CC(C)C=C2)S1(O)O. The zero-order valence-electron chi connectivity index (χ0n) is 8.83. The molecule has 2 aliphatic rings. The lowest BCUT2D eigenvalue weighted by atomic mass is 9.98. The summed E-state index contributed by atoms with van der Waals surface area (Å²) in [4.78, 5) is 15.6. The topological polar surface area (TPSA) is 65.1 Å². The Balaban J connectivity index is 2.42. The van der Waals surface area contributed by atoms with Crippen molar-refractivity contribution < 1.29 is 13.9 Å². The van der Waals surface area contributed by atoms with Crippen molar-refractivity contribution in [2.75, 3.05) is 6.67 Å². The van der Waals surface area contributed by atoms with Crippen LogP contribution in [0.3, 0.4) is 0 Å². The number of hydrogen-bond acceptors (Lipinski definition) is 3. The first-order valence-corrected chi connectivity index (χ1v) is 6.37. The molecule has 0 aromatic heterocycles. The fourth-order valence-corrected chi connectivity index (χ4v) is 3.64. The minimum atomic E-state index is -3.19. The van der Waals surface area contributed by atoms with Crippen LogP contribution < -0.4 is 0 Å². The number of rotatable bonds is 1. The minimum absolute atomic E-state index is 0.198. The second-order valence-corrected chi connectivity index (χ2v) is 5.88. The Kier molecular flexibility index (Phi) is 2.54. The summed E-state index contributed by atoms with van der Waals surface area (Å²) in [6.07, 6.45) is 4.02. The lowest BCUT2D eigenvalue weighted by Gasteiger charge is -2.35. The molecule has 0 aromatic rings. The van der Waals surface area contributed by atoms with E-state index in [4.69, 9.17) is 6.57 Å². The summed E-state index contributed by atoms with van der Waals surface area (Å²) < 4.78 is 20.9. The predicted molar refractivity (Wildman–Crippen MR) is 62.8 cm³/mol. The van der Waals surface area contributed by atoms with Crippen LogP contribution in [0, 0.1) is 12.5 Å². The van der Waals surface area contributed by atoms with E-state index in [9.17, 15) is 13.9 Å². The van der Waals surface area contributed by atoms with Crippen LogP contribution in [-0.2, 0) is 4.79 Å². The number of nitrogens with zero attached hydrogens (tertiary/aromatic N) is 2. The lowest BCUT2D eigenvalue weighted by molar-refractivity contribution is -0.121. The Morgan fingerprint density at radius 1 is 1.69 bits per heavy atom. The second kappa shape index (κ2) is 3.63. The Hall–Kier alpha value is -1.29. The summed E-state index contributed by atoms with van der Waals surface area (Å²) in [5.74, 6) is -0.208. The zero-order valence-corrected chi connectivity index (χ0v) is 9.65. The fraction of sp³-hybridized carbons (Fsp3) is 0.400. The van der Waals surface area contributed by atoms with E-state index < -0.39 is 16.7 Å². The van der Waals surface area contributed by atoms with E-state index in [-0.39, 0.29) is 12.6 Å². The largest absolute Gasteiger partial charge is 0.357 e. The molecule has 16 heavy (non-hydrogen) atoms. The van der Waals surface area contributed by atoms with Gasteiger partial charge in [-0.25, -0.2) is 0 Å². The molecule has 1 unspecified atom stereocenters. The van der Waals surface area contributed by atoms with E-state index in [1.807, 2.05) is 13.0 Å². The Morgan fingerprint density at radius 2 is 2.38 bits per heavy atom. The molecule has 1 heterocycles. The first-order chi connectivity index (χ1) is 7.48. The molecule has 1 atom stereocenters. The van der Waals surface area contributed by atoms with E-state index in [1.165, 1.54) is 0 Å². The van der Waals surface area contributed by atoms with Gasteiger partial charge >= 0.3 is 6.67 Å². The summed E-state index contributed by atoms with van der Waals surface area (Å²) in [5.41, 5.74) is 0.377. The van der Waals surface area contributed by atoms with Gasteiger partial charge in [-0.05, 0) is 12.3 Å². The molecule has 0 radical (unpaired) electrons. The third-order valence-electron chi connectivity index (χ3n) is 2.70. The van der Waals surface area contributed by atoms with Crippen molar-refractivity contribution in [3.05, 3.63) is 27.5 Å². The molecule has 0 saturated carbocycles. The summed E-state index contributed by atoms with van der Waals surface area (Å²) in [7, 11) is -3.19. The van der Waals surface area contributed by atoms with Gasteiger partial charge in [0.2, 0.25) is 0 Å². The number of allylic oxidation sites excluding steroid dienone is 2. The van der Waals surface area contributed by atoms with Crippen LogP contribution in [-0.4, -0.2) is 26.0 Å². The third-order valence-corrected chi connectivity index (χ3v) is 4.65. The fourth-order valence-electron chi connectivity index (χ4n) is 1.88. The van der Waals surface area contributed by atoms with Gasteiger partial charge in [-0.15, -0.1) is 0 Å². The average molecular weight is 241 g/mol. The molecule has 0 saturated heterocycles. The third kappa shape index (κ3) is 1.45. The van der Waals surface area contributed by atoms with E-state index in [0.717, 1.165) is 4.31 Å². The number of hydrogen-bond donors (Lipinski definition) is 2. The van der Waals surface area contributed by atoms with Crippen LogP contribution in [0.1, 0.15) is 13.3 Å². The Morgan fingerprint density at radius 3 is 3.00 bits per heavy atom. The van der Waals surface area contributed by atoms with Gasteiger partial charge in [0, 0.05) is 0 Å². The number of carbonyl (C=O) groups is 1. The lowest BCUT2D eigenvalue weighted by Crippen LogP contribution is -2.28. The molecular formula is C10H13N2O3S+. The molecule has 0 fully saturated rings. The van der Waals surface area contributed by atoms with E-state index in [2.05, 4.69) is 4.85 Å². The van der Waals surface area contributed by atoms with Gasteiger partial charge in [-0.2, -0.15) is 4.31 Å². The zero-order chi connectivity index (χ0) is 11.9. The maximum atomic E-state index is 11.9. The van der Waals surface area contributed by atoms with Crippen LogP contribution >= 0.6 is 10.8 Å². The van der Waals surface area contributed by atoms with Gasteiger partial charge in [-0.3, -0.25) is 13.9 Å². The molecule has 1 aliphatic heterocycles. The van der Waals surface area contributed by atoms with Crippen LogP contribution in [0.15, 0.2) is 22.6 Å². The van der Waals surface area contributed by atoms with Crippen LogP contribution in [0.4, 0.5) is 0 Å². The molecule has 0 aromatic carbocycles. The molecule has 1 amide bonds. The van der Waals surface area contributed by atoms with Gasteiger partial charge in [0.15, 0.2) is 0 Å². The maximum Gasteiger partial charge on any atom is 0.357 e. The van der Waals surface area contributed by atoms with E-state index >= 15 is 0 Å². The highest BCUT2D eigenvalue weighted by atomic mass is 32.3. The highest BCUT2D eigenvalue weighted by Crippen LogP contribution is 2.60. The van der Waals surface area contributed by atoms with Crippen molar-refractivity contribution in [2.45, 2.75) is 13.3 Å². The molecule has 1 aliphatic carbocycles. The monoisotopic (exact) mass is 241 g/mol. The van der Waals surface area contributed by atoms with Crippen LogP contribution in [0.2, 0.25) is 0 Å². The highest BCUT2D eigenvalue weighted by molar-refractivity contribution is 8.26. The van der Waals surface area contributed by atoms with Gasteiger partial charge in [0.25, 0.3) is 12.5 Å². The minimum Gasteiger partial charge on any atom is -0.278 e. The van der Waals surface area contributed by atoms with E-state index in [0.29, 0.717) is 16.9 Å². The van der Waals surface area contributed by atoms with Crippen molar-refractivity contribution in [3.63, 3.8) is 0 Å². The summed E-state index contributed by atoms with van der Waals surface area (Å²) in [6, 6.07) is 0. The van der Waals surface area contributed by atoms with Crippen molar-refractivity contribution >= 4 is 16.7 Å². The molecule has 6 heteroatoms. The highest BCUT2D eigenvalue weighted by Gasteiger charge is 2.45. The van der Waals surface area contributed by atoms with Crippen LogP contribution in [0.25, 0.3) is 4.85 Å². The molecule has 0 spiro atoms. The van der Waals surface area contributed by atoms with Gasteiger partial charge < -0.3 is 0 Å². The van der Waals surface area contributed by atoms with Gasteiger partial charge in [0.1, 0.15) is 0 Å². The van der Waals surface area contributed by atoms with Crippen molar-refractivity contribution in [1.82, 2.24) is 4.31 Å². The van der Waals surface area contributed by atoms with E-state index in [1.54, 1.807) is 6.08 Å². The molecule has 86 valence electrons. The average Bonchev–Trinajstić information content (AvgIpc) is 2.40. The van der Waals surface area contributed by atoms with Crippen LogP contribution in [0.5, 0.6) is 0 Å². The quantitative estimate of drug-likeness (QED) is 0.740. The number of amides is 1. The van der Waals surface area contributed by atoms with Crippen molar-refractivity contribution in [2.24, 2.45) is 5.92 Å². The molecule has 0 bridgehead atoms. The second-order valence-electron chi connectivity index (χ2n) is 3.90. The van der Waals surface area contributed by atoms with Crippen molar-refractivity contribution in [1.29, 1.82) is 0 Å². The molecule has 2 rings (SSSR count). The standard InChI is InChI=1S/C10H12N2O3S/c1-7-3-4-8-9(5-7)16(14,15)12(6-11-2)10(8)13/h2-4,7H,5-6H2,1H3,(H-,14,15)/p+1. The van der Waals surface area contributed by atoms with Gasteiger partial charge in [0.05, 0.1) is 10.5 Å². The Bertz CT molecular complexity index is 447. The number of carbonyl (C=O) groups excluding carboxylic acids is 1. The normalized spacial score (nSPS) is 29.0. The summed E-state index contributed by atoms with van der Waals surface area (Å²) in [5, 5.41) is 0. The Labute approximate surface area is 95.4 Å². The maximum absolute atomic E-state index is 11.9. The molecular weight excluding hydrogens is 228 g/mol. The first kappa shape index (κ1) is 11.2. The molecule has 2 N–H and O–H groups in total.